The van der Waals surface area contributed by atoms with Gasteiger partial charge in [0.25, 0.3) is 0 Å². The van der Waals surface area contributed by atoms with Crippen molar-refractivity contribution in [1.82, 2.24) is 19.9 Å². The molecule has 2 aromatic rings. The maximum Gasteiger partial charge on any atom is 0.338 e. The van der Waals surface area contributed by atoms with Gasteiger partial charge in [0.2, 0.25) is 0 Å². The van der Waals surface area contributed by atoms with E-state index in [4.69, 9.17) is 0 Å². The van der Waals surface area contributed by atoms with E-state index in [1.165, 1.54) is 49.3 Å². The Morgan fingerprint density at radius 1 is 0.810 bits per heavy atom. The number of hydrogen-bond donors (Lipinski definition) is 0. The van der Waals surface area contributed by atoms with Crippen LogP contribution >= 0.6 is 0 Å². The highest BCUT2D eigenvalue weighted by Gasteiger charge is 2.03. The Bertz CT molecular complexity index is 610. The minimum atomic E-state index is -0.797. The highest BCUT2D eigenvalue weighted by atomic mass is 16.6. The molecule has 0 saturated heterocycles. The monoisotopic (exact) mass is 282 g/mol. The maximum atomic E-state index is 11.4. The van der Waals surface area contributed by atoms with E-state index in [-0.39, 0.29) is 0 Å². The Morgan fingerprint density at radius 2 is 1.29 bits per heavy atom. The van der Waals surface area contributed by atoms with Crippen LogP contribution in [0.2, 0.25) is 0 Å². The quantitative estimate of drug-likeness (QED) is 0.470. The summed E-state index contributed by atoms with van der Waals surface area (Å²) in [6.45, 7) is 0. The van der Waals surface area contributed by atoms with Gasteiger partial charge in [-0.2, -0.15) is 0 Å². The Morgan fingerprint density at radius 3 is 1.67 bits per heavy atom. The molecule has 0 aromatic carbocycles. The zero-order chi connectivity index (χ0) is 14.9. The predicted molar refractivity (Wildman–Crippen MR) is 73.2 cm³/mol. The smallest absolute Gasteiger partial charge is 0.338 e. The van der Waals surface area contributed by atoms with Crippen LogP contribution in [0.1, 0.15) is 11.4 Å². The third kappa shape index (κ3) is 5.11. The fraction of sp³-hybridized carbons (Fsp3) is 0. The van der Waals surface area contributed by atoms with Gasteiger partial charge in [-0.15, -0.1) is 0 Å². The number of ether oxygens (including phenoxy) is 1. The number of nitrogens with zero attached hydrogens (tertiary/aromatic N) is 4. The van der Waals surface area contributed by atoms with Gasteiger partial charge in [-0.3, -0.25) is 19.9 Å². The standard InChI is InChI=1S/C14H10N4O3/c19-13(3-1-11-9-15-5-7-17-11)21-14(20)4-2-12-10-16-6-8-18-12/h1-10H/b3-1+,4-2+. The van der Waals surface area contributed by atoms with Gasteiger partial charge in [-0.05, 0) is 12.2 Å². The zero-order valence-electron chi connectivity index (χ0n) is 10.8. The van der Waals surface area contributed by atoms with Crippen LogP contribution in [0.5, 0.6) is 0 Å². The highest BCUT2D eigenvalue weighted by molar-refractivity contribution is 5.99. The third-order valence-electron chi connectivity index (χ3n) is 2.15. The van der Waals surface area contributed by atoms with E-state index >= 15 is 0 Å². The van der Waals surface area contributed by atoms with Crippen molar-refractivity contribution in [2.24, 2.45) is 0 Å². The first-order chi connectivity index (χ1) is 10.2. The van der Waals surface area contributed by atoms with Crippen molar-refractivity contribution in [2.45, 2.75) is 0 Å². The molecule has 2 heterocycles. The summed E-state index contributed by atoms with van der Waals surface area (Å²) in [5.74, 6) is -1.59. The fourth-order valence-corrected chi connectivity index (χ4v) is 1.27. The van der Waals surface area contributed by atoms with E-state index in [1.54, 1.807) is 0 Å². The summed E-state index contributed by atoms with van der Waals surface area (Å²) in [6, 6.07) is 0. The van der Waals surface area contributed by atoms with Crippen LogP contribution in [0.25, 0.3) is 12.2 Å². The lowest BCUT2D eigenvalue weighted by molar-refractivity contribution is -0.152. The van der Waals surface area contributed by atoms with E-state index in [0.29, 0.717) is 11.4 Å². The van der Waals surface area contributed by atoms with Crippen LogP contribution in [-0.2, 0) is 14.3 Å². The first-order valence-electron chi connectivity index (χ1n) is 5.88. The first kappa shape index (κ1) is 14.2. The molecule has 104 valence electrons. The molecule has 0 aliphatic heterocycles. The van der Waals surface area contributed by atoms with Gasteiger partial charge in [0.05, 0.1) is 23.8 Å². The molecule has 0 unspecified atom stereocenters. The number of carbonyl (C=O) groups excluding carboxylic acids is 2. The molecule has 0 radical (unpaired) electrons. The van der Waals surface area contributed by atoms with Crippen LogP contribution in [0.3, 0.4) is 0 Å². The summed E-state index contributed by atoms with van der Waals surface area (Å²) in [5.41, 5.74) is 0.967. The van der Waals surface area contributed by atoms with Crippen LogP contribution in [0.4, 0.5) is 0 Å². The van der Waals surface area contributed by atoms with Gasteiger partial charge in [0.1, 0.15) is 0 Å². The number of esters is 2. The number of hydrogen-bond acceptors (Lipinski definition) is 7. The Hall–Kier alpha value is -3.22. The van der Waals surface area contributed by atoms with Crippen LogP contribution in [0, 0.1) is 0 Å². The Kier molecular flexibility index (Phi) is 4.99. The molecular formula is C14H10N4O3. The lowest BCUT2D eigenvalue weighted by Crippen LogP contribution is -2.07. The molecule has 7 nitrogen and oxygen atoms in total. The normalized spacial score (nSPS) is 10.9. The van der Waals surface area contributed by atoms with Crippen molar-refractivity contribution in [3.63, 3.8) is 0 Å². The maximum absolute atomic E-state index is 11.4. The summed E-state index contributed by atoms with van der Waals surface area (Å²) >= 11 is 0. The van der Waals surface area contributed by atoms with E-state index in [2.05, 4.69) is 24.7 Å². The molecule has 0 N–H and O–H groups in total. The average molecular weight is 282 g/mol. The molecular weight excluding hydrogens is 272 g/mol. The molecule has 0 atom stereocenters. The summed E-state index contributed by atoms with van der Waals surface area (Å²) < 4.78 is 4.55. The van der Waals surface area contributed by atoms with Crippen molar-refractivity contribution in [2.75, 3.05) is 0 Å². The van der Waals surface area contributed by atoms with Gasteiger partial charge in [0.15, 0.2) is 0 Å². The van der Waals surface area contributed by atoms with Crippen molar-refractivity contribution in [1.29, 1.82) is 0 Å². The Balaban J connectivity index is 1.87. The van der Waals surface area contributed by atoms with Crippen LogP contribution in [0.15, 0.2) is 49.3 Å². The molecule has 2 rings (SSSR count). The van der Waals surface area contributed by atoms with Gasteiger partial charge in [0, 0.05) is 36.9 Å². The number of aromatic nitrogens is 4. The molecule has 0 aliphatic carbocycles. The summed E-state index contributed by atoms with van der Waals surface area (Å²) in [7, 11) is 0. The molecule has 0 spiro atoms. The van der Waals surface area contributed by atoms with Gasteiger partial charge in [-0.25, -0.2) is 9.59 Å². The van der Waals surface area contributed by atoms with Crippen LogP contribution < -0.4 is 0 Å². The molecule has 7 heteroatoms. The van der Waals surface area contributed by atoms with Gasteiger partial charge >= 0.3 is 11.9 Å². The zero-order valence-corrected chi connectivity index (χ0v) is 10.8. The highest BCUT2D eigenvalue weighted by Crippen LogP contribution is 1.97. The molecule has 21 heavy (non-hydrogen) atoms. The summed E-state index contributed by atoms with van der Waals surface area (Å²) in [5, 5.41) is 0. The fourth-order valence-electron chi connectivity index (χ4n) is 1.27. The molecule has 0 bridgehead atoms. The number of carbonyl (C=O) groups is 2. The minimum Gasteiger partial charge on any atom is -0.387 e. The van der Waals surface area contributed by atoms with E-state index in [9.17, 15) is 9.59 Å². The van der Waals surface area contributed by atoms with E-state index < -0.39 is 11.9 Å². The second-order valence-electron chi connectivity index (χ2n) is 3.67. The largest absolute Gasteiger partial charge is 0.387 e. The molecule has 0 saturated carbocycles. The van der Waals surface area contributed by atoms with E-state index in [1.807, 2.05) is 0 Å². The lowest BCUT2D eigenvalue weighted by atomic mass is 10.4. The predicted octanol–water partition coefficient (Wildman–Crippen LogP) is 1.06. The van der Waals surface area contributed by atoms with Gasteiger partial charge < -0.3 is 4.74 Å². The SMILES string of the molecule is O=C(/C=C/c1cnccn1)OC(=O)/C=C/c1cnccn1. The molecule has 2 aromatic heterocycles. The Labute approximate surface area is 120 Å². The second-order valence-corrected chi connectivity index (χ2v) is 3.67. The second kappa shape index (κ2) is 7.39. The average Bonchev–Trinajstić information content (AvgIpc) is 2.53. The summed E-state index contributed by atoms with van der Waals surface area (Å²) in [4.78, 5) is 38.3. The lowest BCUT2D eigenvalue weighted by Gasteiger charge is -1.95. The van der Waals surface area contributed by atoms with Gasteiger partial charge in [-0.1, -0.05) is 0 Å². The molecule has 0 fully saturated rings. The third-order valence-corrected chi connectivity index (χ3v) is 2.15. The van der Waals surface area contributed by atoms with Crippen molar-refractivity contribution in [3.05, 3.63) is 60.7 Å². The molecule has 0 aliphatic rings. The van der Waals surface area contributed by atoms with E-state index in [0.717, 1.165) is 12.2 Å². The van der Waals surface area contributed by atoms with Crippen LogP contribution in [-0.4, -0.2) is 31.9 Å². The minimum absolute atomic E-state index is 0.483. The molecule has 0 amide bonds. The summed E-state index contributed by atoms with van der Waals surface area (Å²) in [6.07, 6.45) is 13.9. The topological polar surface area (TPSA) is 94.9 Å². The van der Waals surface area contributed by atoms with Crippen molar-refractivity contribution in [3.8, 4) is 0 Å². The van der Waals surface area contributed by atoms with Crippen molar-refractivity contribution >= 4 is 24.1 Å². The first-order valence-corrected chi connectivity index (χ1v) is 5.88. The van der Waals surface area contributed by atoms with Crippen molar-refractivity contribution < 1.29 is 14.3 Å². The number of rotatable bonds is 4.